The van der Waals surface area contributed by atoms with Gasteiger partial charge in [-0.1, -0.05) is 0 Å². The molecule has 0 unspecified atom stereocenters. The van der Waals surface area contributed by atoms with E-state index >= 15 is 0 Å². The van der Waals surface area contributed by atoms with E-state index in [1.807, 2.05) is 5.32 Å². The molecule has 0 bridgehead atoms. The van der Waals surface area contributed by atoms with Crippen LogP contribution in [-0.2, 0) is 0 Å². The number of rotatable bonds is 2. The Hall–Kier alpha value is -2.03. The number of hydrogen-bond donors (Lipinski definition) is 1. The van der Waals surface area contributed by atoms with Crippen LogP contribution in [0.25, 0.3) is 0 Å². The Morgan fingerprint density at radius 2 is 1.52 bits per heavy atom. The number of carbonyl (C=O) groups is 1. The fourth-order valence-electron chi connectivity index (χ4n) is 1.45. The fraction of sp³-hybridized carbons (Fsp3) is 0. The number of amides is 1. The Balaban J connectivity index is 2.48. The molecule has 0 radical (unpaired) electrons. The van der Waals surface area contributed by atoms with Crippen molar-refractivity contribution in [3.05, 3.63) is 57.5 Å². The molecule has 0 saturated carbocycles. The number of halogens is 6. The molecule has 0 atom stereocenters. The summed E-state index contributed by atoms with van der Waals surface area (Å²) < 4.78 is 66.1. The molecule has 3 nitrogen and oxygen atoms in total. The Bertz CT molecular complexity index is 709. The molecule has 9 heteroatoms. The van der Waals surface area contributed by atoms with Crippen molar-refractivity contribution >= 4 is 27.7 Å². The summed E-state index contributed by atoms with van der Waals surface area (Å²) in [6.07, 6.45) is 1.26. The van der Waals surface area contributed by atoms with Gasteiger partial charge in [-0.05, 0) is 28.1 Å². The summed E-state index contributed by atoms with van der Waals surface area (Å²) in [5, 5.41) is 1.95. The van der Waals surface area contributed by atoms with E-state index in [9.17, 15) is 26.7 Å². The number of carbonyl (C=O) groups excluding carboxylic acids is 1. The normalized spacial score (nSPS) is 10.6. The number of aromatic nitrogens is 1. The number of nitrogens with zero attached hydrogens (tertiary/aromatic N) is 1. The summed E-state index contributed by atoms with van der Waals surface area (Å²) >= 11 is 3.00. The second-order valence-corrected chi connectivity index (χ2v) is 4.59. The van der Waals surface area contributed by atoms with Crippen LogP contribution in [0.4, 0.5) is 27.8 Å². The highest BCUT2D eigenvalue weighted by atomic mass is 79.9. The molecule has 0 aliphatic heterocycles. The number of benzene rings is 1. The van der Waals surface area contributed by atoms with Crippen LogP contribution in [0.3, 0.4) is 0 Å². The lowest BCUT2D eigenvalue weighted by molar-refractivity contribution is 0.101. The van der Waals surface area contributed by atoms with Crippen molar-refractivity contribution in [2.75, 3.05) is 5.32 Å². The van der Waals surface area contributed by atoms with Gasteiger partial charge in [0.05, 0.1) is 4.47 Å². The van der Waals surface area contributed by atoms with Crippen molar-refractivity contribution in [2.24, 2.45) is 0 Å². The second-order valence-electron chi connectivity index (χ2n) is 3.73. The minimum Gasteiger partial charge on any atom is -0.305 e. The first-order valence-corrected chi connectivity index (χ1v) is 6.07. The standard InChI is InChI=1S/C12H4BrF5N2O/c13-4-2-1-3-19-11(4)20-12(21)5-6(14)8(16)10(18)9(17)7(5)15/h1-3H,(H,19,20,21). The van der Waals surface area contributed by atoms with Crippen LogP contribution in [0.5, 0.6) is 0 Å². The molecule has 2 rings (SSSR count). The zero-order valence-electron chi connectivity index (χ0n) is 9.86. The Kier molecular flexibility index (Phi) is 4.21. The van der Waals surface area contributed by atoms with E-state index in [2.05, 4.69) is 20.9 Å². The van der Waals surface area contributed by atoms with Gasteiger partial charge in [0.2, 0.25) is 5.82 Å². The highest BCUT2D eigenvalue weighted by Gasteiger charge is 2.30. The smallest absolute Gasteiger partial charge is 0.263 e. The lowest BCUT2D eigenvalue weighted by Crippen LogP contribution is -2.20. The molecule has 110 valence electrons. The molecule has 2 aromatic rings. The zero-order valence-corrected chi connectivity index (χ0v) is 11.4. The third kappa shape index (κ3) is 2.73. The summed E-state index contributed by atoms with van der Waals surface area (Å²) in [5.74, 6) is -12.8. The minimum absolute atomic E-state index is 0.133. The monoisotopic (exact) mass is 366 g/mol. The second kappa shape index (κ2) is 5.76. The van der Waals surface area contributed by atoms with E-state index in [1.165, 1.54) is 18.3 Å². The third-order valence-electron chi connectivity index (χ3n) is 2.43. The maximum absolute atomic E-state index is 13.4. The Labute approximate surface area is 122 Å². The topological polar surface area (TPSA) is 42.0 Å². The molecule has 1 aromatic heterocycles. The van der Waals surface area contributed by atoms with Crippen LogP contribution in [-0.4, -0.2) is 10.9 Å². The predicted octanol–water partition coefficient (Wildman–Crippen LogP) is 3.79. The van der Waals surface area contributed by atoms with E-state index in [-0.39, 0.29) is 10.3 Å². The predicted molar refractivity (Wildman–Crippen MR) is 66.1 cm³/mol. The van der Waals surface area contributed by atoms with Crippen molar-refractivity contribution < 1.29 is 26.7 Å². The van der Waals surface area contributed by atoms with Gasteiger partial charge in [0, 0.05) is 6.20 Å². The van der Waals surface area contributed by atoms with Crippen LogP contribution in [0.1, 0.15) is 10.4 Å². The number of hydrogen-bond acceptors (Lipinski definition) is 2. The van der Waals surface area contributed by atoms with Crippen molar-refractivity contribution in [2.45, 2.75) is 0 Å². The molecule has 1 heterocycles. The maximum Gasteiger partial charge on any atom is 0.263 e. The first-order chi connectivity index (χ1) is 9.84. The van der Waals surface area contributed by atoms with Crippen LogP contribution in [0, 0.1) is 29.1 Å². The summed E-state index contributed by atoms with van der Waals surface area (Å²) in [6.45, 7) is 0. The van der Waals surface area contributed by atoms with Crippen molar-refractivity contribution in [1.82, 2.24) is 4.98 Å². The summed E-state index contributed by atoms with van der Waals surface area (Å²) in [5.41, 5.74) is -1.58. The molecule has 0 aliphatic carbocycles. The van der Waals surface area contributed by atoms with Crippen LogP contribution in [0.2, 0.25) is 0 Å². The number of anilines is 1. The first kappa shape index (κ1) is 15.4. The maximum atomic E-state index is 13.4. The molecular weight excluding hydrogens is 363 g/mol. The summed E-state index contributed by atoms with van der Waals surface area (Å²) in [7, 11) is 0. The largest absolute Gasteiger partial charge is 0.305 e. The Morgan fingerprint density at radius 1 is 1.00 bits per heavy atom. The lowest BCUT2D eigenvalue weighted by atomic mass is 10.1. The van der Waals surface area contributed by atoms with Crippen molar-refractivity contribution in [3.63, 3.8) is 0 Å². The molecule has 1 amide bonds. The SMILES string of the molecule is O=C(Nc1ncccc1Br)c1c(F)c(F)c(F)c(F)c1F. The van der Waals surface area contributed by atoms with E-state index in [4.69, 9.17) is 0 Å². The van der Waals surface area contributed by atoms with Gasteiger partial charge in [-0.3, -0.25) is 4.79 Å². The van der Waals surface area contributed by atoms with Crippen LogP contribution in [0.15, 0.2) is 22.8 Å². The third-order valence-corrected chi connectivity index (χ3v) is 3.07. The molecule has 1 N–H and O–H groups in total. The van der Waals surface area contributed by atoms with Gasteiger partial charge in [-0.25, -0.2) is 26.9 Å². The summed E-state index contributed by atoms with van der Waals surface area (Å²) in [6, 6.07) is 2.96. The molecule has 0 aliphatic rings. The Morgan fingerprint density at radius 3 is 2.05 bits per heavy atom. The van der Waals surface area contributed by atoms with Gasteiger partial charge in [-0.2, -0.15) is 0 Å². The minimum atomic E-state index is -2.33. The van der Waals surface area contributed by atoms with E-state index in [0.29, 0.717) is 0 Å². The molecule has 0 spiro atoms. The molecule has 1 aromatic carbocycles. The van der Waals surface area contributed by atoms with E-state index < -0.39 is 40.6 Å². The molecular formula is C12H4BrF5N2O. The average Bonchev–Trinajstić information content (AvgIpc) is 2.46. The van der Waals surface area contributed by atoms with E-state index in [0.717, 1.165) is 0 Å². The van der Waals surface area contributed by atoms with Gasteiger partial charge >= 0.3 is 0 Å². The van der Waals surface area contributed by atoms with Crippen molar-refractivity contribution in [1.29, 1.82) is 0 Å². The van der Waals surface area contributed by atoms with Gasteiger partial charge in [0.15, 0.2) is 23.3 Å². The first-order valence-electron chi connectivity index (χ1n) is 5.28. The van der Waals surface area contributed by atoms with Gasteiger partial charge in [0.1, 0.15) is 11.4 Å². The van der Waals surface area contributed by atoms with Gasteiger partial charge in [0.25, 0.3) is 5.91 Å². The number of pyridine rings is 1. The van der Waals surface area contributed by atoms with Gasteiger partial charge in [-0.15, -0.1) is 0 Å². The molecule has 0 saturated heterocycles. The van der Waals surface area contributed by atoms with Crippen molar-refractivity contribution in [3.8, 4) is 0 Å². The average molecular weight is 367 g/mol. The molecule has 0 fully saturated rings. The highest BCUT2D eigenvalue weighted by molar-refractivity contribution is 9.10. The highest BCUT2D eigenvalue weighted by Crippen LogP contribution is 2.25. The van der Waals surface area contributed by atoms with Crippen LogP contribution < -0.4 is 5.32 Å². The molecule has 21 heavy (non-hydrogen) atoms. The van der Waals surface area contributed by atoms with Crippen LogP contribution >= 0.6 is 15.9 Å². The van der Waals surface area contributed by atoms with Gasteiger partial charge < -0.3 is 5.32 Å². The number of nitrogens with one attached hydrogen (secondary N) is 1. The zero-order chi connectivity index (χ0) is 15.7. The summed E-state index contributed by atoms with van der Waals surface area (Å²) in [4.78, 5) is 15.4. The fourth-order valence-corrected chi connectivity index (χ4v) is 1.81. The lowest BCUT2D eigenvalue weighted by Gasteiger charge is -2.09. The van der Waals surface area contributed by atoms with E-state index in [1.54, 1.807) is 0 Å². The quantitative estimate of drug-likeness (QED) is 0.499.